The van der Waals surface area contributed by atoms with Crippen LogP contribution in [0.2, 0.25) is 0 Å². The quantitative estimate of drug-likeness (QED) is 0.162. The lowest BCUT2D eigenvalue weighted by Gasteiger charge is -2.15. The second-order valence-electron chi connectivity index (χ2n) is 8.91. The summed E-state index contributed by atoms with van der Waals surface area (Å²) in [5.74, 6) is 0.864. The summed E-state index contributed by atoms with van der Waals surface area (Å²) in [4.78, 5) is 9.68. The number of hydrogen-bond acceptors (Lipinski definition) is 6. The Morgan fingerprint density at radius 3 is 1.15 bits per heavy atom. The molecule has 5 aromatic carbocycles. The molecule has 0 fully saturated rings. The Hall–Kier alpha value is -5.36. The normalized spacial score (nSPS) is 11.8. The topological polar surface area (TPSA) is 83.6 Å². The molecule has 40 heavy (non-hydrogen) atoms. The van der Waals surface area contributed by atoms with Crippen molar-refractivity contribution in [1.29, 1.82) is 0 Å². The summed E-state index contributed by atoms with van der Waals surface area (Å²) in [6, 6.07) is 37.2. The fourth-order valence-electron chi connectivity index (χ4n) is 4.29. The summed E-state index contributed by atoms with van der Waals surface area (Å²) in [6.07, 6.45) is 0. The molecule has 198 valence electrons. The van der Waals surface area contributed by atoms with E-state index in [1.807, 2.05) is 109 Å². The van der Waals surface area contributed by atoms with Crippen LogP contribution in [0.5, 0.6) is 23.0 Å². The Kier molecular flexibility index (Phi) is 7.88. The van der Waals surface area contributed by atoms with Crippen molar-refractivity contribution in [3.63, 3.8) is 0 Å². The Labute approximate surface area is 233 Å². The van der Waals surface area contributed by atoms with Crippen molar-refractivity contribution in [3.05, 3.63) is 144 Å². The lowest BCUT2D eigenvalue weighted by molar-refractivity contribution is 0.402. The molecule has 0 saturated heterocycles. The summed E-state index contributed by atoms with van der Waals surface area (Å²) in [6.45, 7) is 0. The van der Waals surface area contributed by atoms with Crippen LogP contribution in [0.15, 0.2) is 131 Å². The van der Waals surface area contributed by atoms with Crippen LogP contribution in [0, 0.1) is 0 Å². The van der Waals surface area contributed by atoms with Crippen molar-refractivity contribution in [1.82, 2.24) is 0 Å². The van der Waals surface area contributed by atoms with Gasteiger partial charge >= 0.3 is 0 Å². The van der Waals surface area contributed by atoms with Gasteiger partial charge in [0, 0.05) is 22.3 Å². The number of aromatic hydroxyl groups is 2. The molecular weight excluding hydrogens is 500 g/mol. The van der Waals surface area contributed by atoms with Crippen LogP contribution in [0.3, 0.4) is 0 Å². The highest BCUT2D eigenvalue weighted by molar-refractivity contribution is 6.19. The minimum Gasteiger partial charge on any atom is -0.504 e. The fraction of sp³-hybridized carbons (Fsp3) is 0.0588. The maximum Gasteiger partial charge on any atom is 0.167 e. The van der Waals surface area contributed by atoms with Crippen LogP contribution in [0.4, 0.5) is 11.4 Å². The summed E-state index contributed by atoms with van der Waals surface area (Å²) >= 11 is 0. The number of nitrogens with zero attached hydrogens (tertiary/aromatic N) is 2. The monoisotopic (exact) mass is 528 g/mol. The van der Waals surface area contributed by atoms with Gasteiger partial charge in [-0.1, -0.05) is 60.7 Å². The molecule has 0 aliphatic carbocycles. The van der Waals surface area contributed by atoms with Crippen LogP contribution < -0.4 is 9.47 Å². The number of phenols is 2. The Morgan fingerprint density at radius 1 is 0.475 bits per heavy atom. The smallest absolute Gasteiger partial charge is 0.167 e. The Morgan fingerprint density at radius 2 is 0.825 bits per heavy atom. The van der Waals surface area contributed by atoms with Crippen LogP contribution >= 0.6 is 0 Å². The molecule has 0 radical (unpaired) electrons. The third-order valence-electron chi connectivity index (χ3n) is 6.38. The SMILES string of the molecule is COc1ccc(N=C(c2ccccc2)c2ccc(C(=Nc3ccc(OC)cc3)c3ccccc3)c(O)c2O)cc1. The largest absolute Gasteiger partial charge is 0.504 e. The molecule has 0 saturated carbocycles. The van der Waals surface area contributed by atoms with Crippen molar-refractivity contribution in [2.75, 3.05) is 14.2 Å². The Balaban J connectivity index is 1.64. The zero-order valence-corrected chi connectivity index (χ0v) is 22.2. The third-order valence-corrected chi connectivity index (χ3v) is 6.38. The van der Waals surface area contributed by atoms with E-state index in [0.717, 1.165) is 22.6 Å². The van der Waals surface area contributed by atoms with Gasteiger partial charge in [0.2, 0.25) is 0 Å². The first kappa shape index (κ1) is 26.3. The summed E-state index contributed by atoms with van der Waals surface area (Å²) in [5, 5.41) is 22.8. The molecule has 0 aromatic heterocycles. The average Bonchev–Trinajstić information content (AvgIpc) is 3.02. The molecule has 5 rings (SSSR count). The predicted molar refractivity (Wildman–Crippen MR) is 159 cm³/mol. The van der Waals surface area contributed by atoms with Gasteiger partial charge in [0.25, 0.3) is 0 Å². The molecule has 0 heterocycles. The number of phenolic OH excluding ortho intramolecular Hbond substituents is 2. The maximum absolute atomic E-state index is 11.4. The van der Waals surface area contributed by atoms with Crippen molar-refractivity contribution in [3.8, 4) is 23.0 Å². The van der Waals surface area contributed by atoms with Crippen LogP contribution in [0.1, 0.15) is 22.3 Å². The van der Waals surface area contributed by atoms with E-state index in [1.165, 1.54) is 0 Å². The molecule has 5 aromatic rings. The average molecular weight is 529 g/mol. The first-order valence-electron chi connectivity index (χ1n) is 12.7. The van der Waals surface area contributed by atoms with Crippen molar-refractivity contribution >= 4 is 22.8 Å². The number of benzene rings is 5. The molecule has 6 nitrogen and oxygen atoms in total. The van der Waals surface area contributed by atoms with Gasteiger partial charge in [0.1, 0.15) is 11.5 Å². The minimum absolute atomic E-state index is 0.285. The number of aliphatic imine (C=N–C) groups is 2. The van der Waals surface area contributed by atoms with Crippen molar-refractivity contribution in [2.45, 2.75) is 0 Å². The summed E-state index contributed by atoms with van der Waals surface area (Å²) in [5.41, 5.74) is 4.73. The van der Waals surface area contributed by atoms with E-state index in [9.17, 15) is 10.2 Å². The molecule has 0 aliphatic rings. The molecule has 0 aliphatic heterocycles. The number of methoxy groups -OCH3 is 2. The van der Waals surface area contributed by atoms with E-state index in [1.54, 1.807) is 26.4 Å². The summed E-state index contributed by atoms with van der Waals surface area (Å²) in [7, 11) is 3.22. The van der Waals surface area contributed by atoms with E-state index in [4.69, 9.17) is 19.5 Å². The number of hydrogen-bond donors (Lipinski definition) is 2. The van der Waals surface area contributed by atoms with Crippen LogP contribution in [0.25, 0.3) is 0 Å². The highest BCUT2D eigenvalue weighted by Crippen LogP contribution is 2.37. The van der Waals surface area contributed by atoms with E-state index in [2.05, 4.69) is 0 Å². The van der Waals surface area contributed by atoms with Crippen LogP contribution in [-0.2, 0) is 0 Å². The molecular formula is C34H28N2O4. The van der Waals surface area contributed by atoms with Gasteiger partial charge in [-0.15, -0.1) is 0 Å². The zero-order chi connectivity index (χ0) is 27.9. The van der Waals surface area contributed by atoms with Gasteiger partial charge in [-0.05, 0) is 60.7 Å². The first-order valence-corrected chi connectivity index (χ1v) is 12.7. The second-order valence-corrected chi connectivity index (χ2v) is 8.91. The Bertz CT molecular complexity index is 1520. The van der Waals surface area contributed by atoms with Gasteiger partial charge in [0.15, 0.2) is 11.5 Å². The second kappa shape index (κ2) is 12.0. The highest BCUT2D eigenvalue weighted by Gasteiger charge is 2.21. The van der Waals surface area contributed by atoms with E-state index < -0.39 is 0 Å². The zero-order valence-electron chi connectivity index (χ0n) is 22.2. The van der Waals surface area contributed by atoms with Gasteiger partial charge in [-0.2, -0.15) is 0 Å². The van der Waals surface area contributed by atoms with E-state index >= 15 is 0 Å². The number of ether oxygens (including phenoxy) is 2. The van der Waals surface area contributed by atoms with Gasteiger partial charge in [-0.3, -0.25) is 0 Å². The van der Waals surface area contributed by atoms with Gasteiger partial charge in [-0.25, -0.2) is 9.98 Å². The predicted octanol–water partition coefficient (Wildman–Crippen LogP) is 7.45. The first-order chi connectivity index (χ1) is 19.6. The fourth-order valence-corrected chi connectivity index (χ4v) is 4.29. The maximum atomic E-state index is 11.4. The molecule has 6 heteroatoms. The molecule has 0 bridgehead atoms. The summed E-state index contributed by atoms with van der Waals surface area (Å²) < 4.78 is 10.5. The number of rotatable bonds is 8. The van der Waals surface area contributed by atoms with E-state index in [0.29, 0.717) is 33.9 Å². The van der Waals surface area contributed by atoms with E-state index in [-0.39, 0.29) is 11.5 Å². The van der Waals surface area contributed by atoms with Crippen LogP contribution in [-0.4, -0.2) is 35.9 Å². The van der Waals surface area contributed by atoms with Crippen molar-refractivity contribution in [2.24, 2.45) is 9.98 Å². The standard InChI is InChI=1S/C34H28N2O4/c1-39-27-17-13-25(14-18-27)35-31(23-9-5-3-6-10-23)29-21-22-30(34(38)33(29)37)32(24-11-7-4-8-12-24)36-26-15-19-28(40-2)20-16-26/h3-22,37-38H,1-2H3. The molecule has 2 N–H and O–H groups in total. The van der Waals surface area contributed by atoms with Gasteiger partial charge < -0.3 is 19.7 Å². The molecule has 0 unspecified atom stereocenters. The molecule has 0 atom stereocenters. The molecule has 0 spiro atoms. The van der Waals surface area contributed by atoms with Crippen molar-refractivity contribution < 1.29 is 19.7 Å². The lowest BCUT2D eigenvalue weighted by Crippen LogP contribution is -2.07. The third kappa shape index (κ3) is 5.71. The lowest BCUT2D eigenvalue weighted by atomic mass is 9.95. The highest BCUT2D eigenvalue weighted by atomic mass is 16.5. The minimum atomic E-state index is -0.285. The molecule has 0 amide bonds. The van der Waals surface area contributed by atoms with Gasteiger partial charge in [0.05, 0.1) is 37.0 Å².